The molecule has 2 rings (SSSR count). The molecular formula is C10H8ClNO2S. The van der Waals surface area contributed by atoms with Crippen molar-refractivity contribution in [1.29, 1.82) is 0 Å². The fourth-order valence-corrected chi connectivity index (χ4v) is 2.45. The van der Waals surface area contributed by atoms with Crippen molar-refractivity contribution in [2.75, 3.05) is 16.5 Å². The van der Waals surface area contributed by atoms with Crippen LogP contribution >= 0.6 is 23.4 Å². The molecule has 0 bridgehead atoms. The molecule has 1 aromatic rings. The van der Waals surface area contributed by atoms with E-state index in [1.54, 1.807) is 12.1 Å². The number of amides is 2. The lowest BCUT2D eigenvalue weighted by Gasteiger charge is -2.26. The molecule has 2 amide bonds. The monoisotopic (exact) mass is 241 g/mol. The Bertz CT molecular complexity index is 422. The van der Waals surface area contributed by atoms with Crippen molar-refractivity contribution < 1.29 is 9.59 Å². The summed E-state index contributed by atoms with van der Waals surface area (Å²) < 4.78 is 0. The molecule has 1 heterocycles. The number of imide groups is 1. The SMILES string of the molecule is O=C(CCl)N1C(=O)CSc2ccccc21. The summed E-state index contributed by atoms with van der Waals surface area (Å²) in [5.41, 5.74) is 0.643. The Labute approximate surface area is 96.4 Å². The van der Waals surface area contributed by atoms with Crippen molar-refractivity contribution in [3.05, 3.63) is 24.3 Å². The molecule has 0 saturated carbocycles. The van der Waals surface area contributed by atoms with E-state index in [2.05, 4.69) is 0 Å². The number of para-hydroxylation sites is 1. The summed E-state index contributed by atoms with van der Waals surface area (Å²) in [5.74, 6) is -0.455. The Morgan fingerprint density at radius 2 is 2.20 bits per heavy atom. The number of carbonyl (C=O) groups excluding carboxylic acids is 2. The number of thioether (sulfide) groups is 1. The lowest BCUT2D eigenvalue weighted by atomic mass is 10.2. The van der Waals surface area contributed by atoms with Gasteiger partial charge in [-0.25, -0.2) is 4.90 Å². The summed E-state index contributed by atoms with van der Waals surface area (Å²) in [5, 5.41) is 0. The summed E-state index contributed by atoms with van der Waals surface area (Å²) >= 11 is 6.91. The second-order valence-electron chi connectivity index (χ2n) is 3.01. The fourth-order valence-electron chi connectivity index (χ4n) is 1.44. The van der Waals surface area contributed by atoms with Crippen LogP contribution in [0, 0.1) is 0 Å². The zero-order valence-corrected chi connectivity index (χ0v) is 9.35. The fraction of sp³-hybridized carbons (Fsp3) is 0.200. The average Bonchev–Trinajstić information content (AvgIpc) is 2.28. The van der Waals surface area contributed by atoms with E-state index < -0.39 is 0 Å². The van der Waals surface area contributed by atoms with Gasteiger partial charge in [-0.05, 0) is 12.1 Å². The number of hydrogen-bond donors (Lipinski definition) is 0. The number of anilines is 1. The van der Waals surface area contributed by atoms with E-state index in [4.69, 9.17) is 11.6 Å². The van der Waals surface area contributed by atoms with Crippen LogP contribution in [0.2, 0.25) is 0 Å². The maximum absolute atomic E-state index is 11.6. The van der Waals surface area contributed by atoms with Crippen LogP contribution in [0.3, 0.4) is 0 Å². The number of hydrogen-bond acceptors (Lipinski definition) is 3. The van der Waals surface area contributed by atoms with Gasteiger partial charge in [0.2, 0.25) is 11.8 Å². The second-order valence-corrected chi connectivity index (χ2v) is 4.30. The van der Waals surface area contributed by atoms with E-state index in [1.807, 2.05) is 12.1 Å². The standard InChI is InChI=1S/C10H8ClNO2S/c11-5-9(13)12-7-3-1-2-4-8(7)15-6-10(12)14/h1-4H,5-6H2. The summed E-state index contributed by atoms with van der Waals surface area (Å²) in [6.45, 7) is 0. The zero-order chi connectivity index (χ0) is 10.8. The minimum absolute atomic E-state index is 0.176. The number of halogens is 1. The lowest BCUT2D eigenvalue weighted by molar-refractivity contribution is -0.123. The quantitative estimate of drug-likeness (QED) is 0.705. The van der Waals surface area contributed by atoms with Gasteiger partial charge >= 0.3 is 0 Å². The first-order chi connectivity index (χ1) is 7.24. The van der Waals surface area contributed by atoms with Crippen LogP contribution in [0.15, 0.2) is 29.2 Å². The number of benzene rings is 1. The molecule has 15 heavy (non-hydrogen) atoms. The summed E-state index contributed by atoms with van der Waals surface area (Å²) in [6, 6.07) is 7.32. The first kappa shape index (κ1) is 10.5. The third-order valence-electron chi connectivity index (χ3n) is 2.07. The predicted octanol–water partition coefficient (Wildman–Crippen LogP) is 1.89. The third-order valence-corrected chi connectivity index (χ3v) is 3.35. The minimum atomic E-state index is -0.366. The van der Waals surface area contributed by atoms with Crippen molar-refractivity contribution in [3.63, 3.8) is 0 Å². The molecule has 0 atom stereocenters. The minimum Gasteiger partial charge on any atom is -0.273 e. The van der Waals surface area contributed by atoms with Crippen LogP contribution in [0.1, 0.15) is 0 Å². The van der Waals surface area contributed by atoms with E-state index in [0.29, 0.717) is 11.4 Å². The van der Waals surface area contributed by atoms with Crippen molar-refractivity contribution in [1.82, 2.24) is 0 Å². The highest BCUT2D eigenvalue weighted by molar-refractivity contribution is 8.00. The van der Waals surface area contributed by atoms with Crippen LogP contribution in [0.25, 0.3) is 0 Å². The molecule has 1 aliphatic rings. The Morgan fingerprint density at radius 3 is 2.93 bits per heavy atom. The third kappa shape index (κ3) is 1.87. The number of alkyl halides is 1. The molecule has 5 heteroatoms. The predicted molar refractivity (Wildman–Crippen MR) is 60.4 cm³/mol. The molecule has 0 unspecified atom stereocenters. The van der Waals surface area contributed by atoms with E-state index in [1.165, 1.54) is 16.7 Å². The molecule has 0 N–H and O–H groups in total. The lowest BCUT2D eigenvalue weighted by Crippen LogP contribution is -2.41. The largest absolute Gasteiger partial charge is 0.273 e. The van der Waals surface area contributed by atoms with Gasteiger partial charge in [-0.15, -0.1) is 23.4 Å². The molecule has 0 radical (unpaired) electrons. The van der Waals surface area contributed by atoms with E-state index in [9.17, 15) is 9.59 Å². The van der Waals surface area contributed by atoms with Gasteiger partial charge in [0.25, 0.3) is 0 Å². The average molecular weight is 242 g/mol. The van der Waals surface area contributed by atoms with Gasteiger partial charge in [0.05, 0.1) is 11.4 Å². The number of fused-ring (bicyclic) bond motifs is 1. The topological polar surface area (TPSA) is 37.4 Å². The van der Waals surface area contributed by atoms with Crippen LogP contribution in [-0.4, -0.2) is 23.4 Å². The molecule has 0 saturated heterocycles. The number of carbonyl (C=O) groups is 2. The summed E-state index contributed by atoms with van der Waals surface area (Å²) in [7, 11) is 0. The molecule has 1 aliphatic heterocycles. The van der Waals surface area contributed by atoms with Gasteiger partial charge in [-0.3, -0.25) is 9.59 Å². The Morgan fingerprint density at radius 1 is 1.47 bits per heavy atom. The first-order valence-corrected chi connectivity index (χ1v) is 5.89. The highest BCUT2D eigenvalue weighted by atomic mass is 35.5. The highest BCUT2D eigenvalue weighted by Crippen LogP contribution is 2.34. The normalized spacial score (nSPS) is 15.0. The first-order valence-electron chi connectivity index (χ1n) is 4.37. The van der Waals surface area contributed by atoms with Gasteiger partial charge in [-0.1, -0.05) is 12.1 Å². The Kier molecular flexibility index (Phi) is 2.98. The van der Waals surface area contributed by atoms with Crippen molar-refractivity contribution in [2.24, 2.45) is 0 Å². The Balaban J connectivity index is 2.46. The van der Waals surface area contributed by atoms with Gasteiger partial charge in [-0.2, -0.15) is 0 Å². The smallest absolute Gasteiger partial charge is 0.248 e. The molecule has 0 fully saturated rings. The van der Waals surface area contributed by atoms with Gasteiger partial charge in [0, 0.05) is 4.90 Å². The van der Waals surface area contributed by atoms with Crippen LogP contribution < -0.4 is 4.90 Å². The molecular weight excluding hydrogens is 234 g/mol. The van der Waals surface area contributed by atoms with Crippen molar-refractivity contribution in [2.45, 2.75) is 4.90 Å². The van der Waals surface area contributed by atoms with E-state index in [0.717, 1.165) is 4.90 Å². The molecule has 78 valence electrons. The highest BCUT2D eigenvalue weighted by Gasteiger charge is 2.28. The molecule has 0 aliphatic carbocycles. The summed E-state index contributed by atoms with van der Waals surface area (Å²) in [6.07, 6.45) is 0. The second kappa shape index (κ2) is 4.24. The van der Waals surface area contributed by atoms with Crippen molar-refractivity contribution in [3.8, 4) is 0 Å². The summed E-state index contributed by atoms with van der Waals surface area (Å²) in [4.78, 5) is 25.2. The van der Waals surface area contributed by atoms with Crippen LogP contribution in [0.5, 0.6) is 0 Å². The van der Waals surface area contributed by atoms with Crippen molar-refractivity contribution >= 4 is 40.9 Å². The zero-order valence-electron chi connectivity index (χ0n) is 7.77. The van der Waals surface area contributed by atoms with Crippen LogP contribution in [0.4, 0.5) is 5.69 Å². The maximum Gasteiger partial charge on any atom is 0.248 e. The number of rotatable bonds is 1. The molecule has 1 aromatic carbocycles. The molecule has 0 aromatic heterocycles. The van der Waals surface area contributed by atoms with E-state index >= 15 is 0 Å². The number of nitrogens with zero attached hydrogens (tertiary/aromatic N) is 1. The van der Waals surface area contributed by atoms with E-state index in [-0.39, 0.29) is 17.7 Å². The maximum atomic E-state index is 11.6. The van der Waals surface area contributed by atoms with Gasteiger partial charge in [0.1, 0.15) is 5.88 Å². The Hall–Kier alpha value is -1.00. The molecule has 0 spiro atoms. The molecule has 3 nitrogen and oxygen atoms in total. The van der Waals surface area contributed by atoms with Gasteiger partial charge < -0.3 is 0 Å². The van der Waals surface area contributed by atoms with Gasteiger partial charge in [0.15, 0.2) is 0 Å². The van der Waals surface area contributed by atoms with Crippen LogP contribution in [-0.2, 0) is 9.59 Å².